The van der Waals surface area contributed by atoms with Gasteiger partial charge in [-0.1, -0.05) is 26.0 Å². The van der Waals surface area contributed by atoms with Gasteiger partial charge in [0.2, 0.25) is 10.0 Å². The molecule has 1 fully saturated rings. The predicted molar refractivity (Wildman–Crippen MR) is 84.0 cm³/mol. The monoisotopic (exact) mass is 295 g/mol. The van der Waals surface area contributed by atoms with Crippen molar-refractivity contribution in [2.45, 2.75) is 39.6 Å². The maximum atomic E-state index is 11.2. The Balaban J connectivity index is 2.16. The predicted octanol–water partition coefficient (Wildman–Crippen LogP) is 2.09. The number of rotatable bonds is 3. The van der Waals surface area contributed by atoms with Gasteiger partial charge in [-0.3, -0.25) is 4.72 Å². The van der Waals surface area contributed by atoms with Crippen LogP contribution in [-0.4, -0.2) is 27.2 Å². The molecule has 110 valence electrons. The van der Waals surface area contributed by atoms with Crippen LogP contribution in [-0.2, 0) is 14.7 Å². The molecular formula is C14H22BNO3S. The Bertz CT molecular complexity index is 577. The summed E-state index contributed by atoms with van der Waals surface area (Å²) in [4.78, 5) is 0. The zero-order valence-electron chi connectivity index (χ0n) is 12.7. The van der Waals surface area contributed by atoms with Crippen molar-refractivity contribution in [1.82, 2.24) is 0 Å². The summed E-state index contributed by atoms with van der Waals surface area (Å²) in [7, 11) is -3.23. The van der Waals surface area contributed by atoms with Crippen LogP contribution in [0, 0.1) is 5.41 Å². The van der Waals surface area contributed by atoms with Crippen molar-refractivity contribution in [3.63, 3.8) is 0 Å². The van der Waals surface area contributed by atoms with Gasteiger partial charge < -0.3 is 4.65 Å². The molecule has 20 heavy (non-hydrogen) atoms. The van der Waals surface area contributed by atoms with Crippen LogP contribution in [0.15, 0.2) is 24.3 Å². The van der Waals surface area contributed by atoms with Crippen LogP contribution in [0.2, 0.25) is 6.32 Å². The molecular weight excluding hydrogens is 273 g/mol. The van der Waals surface area contributed by atoms with Crippen molar-refractivity contribution in [2.75, 3.05) is 11.0 Å². The molecule has 6 heteroatoms. The fraction of sp³-hybridized carbons (Fsp3) is 0.571. The third kappa shape index (κ3) is 3.18. The van der Waals surface area contributed by atoms with Gasteiger partial charge >= 0.3 is 6.92 Å². The Morgan fingerprint density at radius 2 is 1.70 bits per heavy atom. The number of hydrogen-bond acceptors (Lipinski definition) is 3. The Labute approximate surface area is 122 Å². The van der Waals surface area contributed by atoms with Gasteiger partial charge in [0.1, 0.15) is 0 Å². The summed E-state index contributed by atoms with van der Waals surface area (Å²) in [5.41, 5.74) is 1.61. The molecule has 1 saturated heterocycles. The highest BCUT2D eigenvalue weighted by molar-refractivity contribution is 7.92. The molecule has 1 aliphatic heterocycles. The van der Waals surface area contributed by atoms with E-state index in [2.05, 4.69) is 32.4 Å². The van der Waals surface area contributed by atoms with Gasteiger partial charge in [0, 0.05) is 5.69 Å². The van der Waals surface area contributed by atoms with Crippen LogP contribution in [0.4, 0.5) is 5.69 Å². The van der Waals surface area contributed by atoms with Gasteiger partial charge in [0.15, 0.2) is 0 Å². The average Bonchev–Trinajstić information content (AvgIpc) is 2.47. The van der Waals surface area contributed by atoms with Crippen LogP contribution in [0.5, 0.6) is 0 Å². The molecule has 0 saturated carbocycles. The molecule has 1 aromatic rings. The van der Waals surface area contributed by atoms with Crippen LogP contribution < -0.4 is 10.2 Å². The fourth-order valence-corrected chi connectivity index (χ4v) is 3.00. The number of hydrogen-bond donors (Lipinski definition) is 1. The largest absolute Gasteiger partial charge is 0.426 e. The summed E-state index contributed by atoms with van der Waals surface area (Å²) >= 11 is 0. The summed E-state index contributed by atoms with van der Waals surface area (Å²) in [5.74, 6) is 0. The number of nitrogens with one attached hydrogen (secondary N) is 1. The van der Waals surface area contributed by atoms with Crippen molar-refractivity contribution in [3.8, 4) is 0 Å². The third-order valence-electron chi connectivity index (χ3n) is 4.35. The SMILES string of the molecule is CC1(C)CB(c2ccc(NS(C)(=O)=O)cc2)OC1(C)C. The van der Waals surface area contributed by atoms with Gasteiger partial charge in [-0.2, -0.15) is 0 Å². The van der Waals surface area contributed by atoms with E-state index in [0.717, 1.165) is 18.0 Å². The maximum absolute atomic E-state index is 11.2. The summed E-state index contributed by atoms with van der Waals surface area (Å²) in [5, 5.41) is 0. The zero-order chi connectivity index (χ0) is 15.2. The molecule has 2 rings (SSSR count). The quantitative estimate of drug-likeness (QED) is 0.869. The zero-order valence-corrected chi connectivity index (χ0v) is 13.5. The van der Waals surface area contributed by atoms with E-state index in [9.17, 15) is 8.42 Å². The third-order valence-corrected chi connectivity index (χ3v) is 4.95. The number of benzene rings is 1. The van der Waals surface area contributed by atoms with Crippen LogP contribution in [0.25, 0.3) is 0 Å². The number of sulfonamides is 1. The minimum absolute atomic E-state index is 0.0623. The molecule has 1 aliphatic rings. The summed E-state index contributed by atoms with van der Waals surface area (Å²) in [6.45, 7) is 8.73. The van der Waals surface area contributed by atoms with E-state index < -0.39 is 10.0 Å². The molecule has 0 amide bonds. The second-order valence-electron chi connectivity index (χ2n) is 6.70. The summed E-state index contributed by atoms with van der Waals surface area (Å²) in [6, 6.07) is 7.40. The summed E-state index contributed by atoms with van der Waals surface area (Å²) < 4.78 is 31.0. The highest BCUT2D eigenvalue weighted by atomic mass is 32.2. The first-order chi connectivity index (χ1) is 9.00. The highest BCUT2D eigenvalue weighted by Crippen LogP contribution is 2.45. The Morgan fingerprint density at radius 1 is 1.15 bits per heavy atom. The van der Waals surface area contributed by atoms with E-state index in [1.54, 1.807) is 12.1 Å². The Kier molecular flexibility index (Phi) is 3.67. The van der Waals surface area contributed by atoms with Crippen molar-refractivity contribution < 1.29 is 13.1 Å². The lowest BCUT2D eigenvalue weighted by Crippen LogP contribution is -2.36. The molecule has 0 aliphatic carbocycles. The normalized spacial score (nSPS) is 20.9. The van der Waals surface area contributed by atoms with Gasteiger partial charge in [-0.05, 0) is 43.2 Å². The minimum atomic E-state index is -3.23. The standard InChI is InChI=1S/C14H22BNO3S/c1-13(2)10-15(19-14(13,3)4)11-6-8-12(9-7-11)16-20(5,17)18/h6-9,16H,10H2,1-5H3. The van der Waals surface area contributed by atoms with E-state index >= 15 is 0 Å². The Hall–Kier alpha value is -1.01. The van der Waals surface area contributed by atoms with E-state index in [1.165, 1.54) is 0 Å². The summed E-state index contributed by atoms with van der Waals surface area (Å²) in [6.07, 6.45) is 2.10. The van der Waals surface area contributed by atoms with Crippen molar-refractivity contribution in [3.05, 3.63) is 24.3 Å². The van der Waals surface area contributed by atoms with Gasteiger partial charge in [0.25, 0.3) is 0 Å². The van der Waals surface area contributed by atoms with E-state index in [0.29, 0.717) is 5.69 Å². The topological polar surface area (TPSA) is 55.4 Å². The highest BCUT2D eigenvalue weighted by Gasteiger charge is 2.49. The lowest BCUT2D eigenvalue weighted by atomic mass is 9.54. The van der Waals surface area contributed by atoms with E-state index in [4.69, 9.17) is 4.65 Å². The van der Waals surface area contributed by atoms with E-state index in [1.807, 2.05) is 12.1 Å². The first-order valence-corrected chi connectivity index (χ1v) is 8.65. The molecule has 4 nitrogen and oxygen atoms in total. The van der Waals surface area contributed by atoms with Crippen LogP contribution in [0.1, 0.15) is 27.7 Å². The molecule has 0 bridgehead atoms. The van der Waals surface area contributed by atoms with Gasteiger partial charge in [-0.15, -0.1) is 0 Å². The molecule has 1 N–H and O–H groups in total. The molecule has 1 aromatic carbocycles. The maximum Gasteiger partial charge on any atom is 0.327 e. The number of anilines is 1. The molecule has 0 radical (unpaired) electrons. The van der Waals surface area contributed by atoms with Gasteiger partial charge in [0.05, 0.1) is 11.9 Å². The molecule has 0 atom stereocenters. The minimum Gasteiger partial charge on any atom is -0.426 e. The van der Waals surface area contributed by atoms with Crippen LogP contribution >= 0.6 is 0 Å². The molecule has 1 heterocycles. The van der Waals surface area contributed by atoms with Gasteiger partial charge in [-0.25, -0.2) is 8.42 Å². The fourth-order valence-electron chi connectivity index (χ4n) is 2.43. The molecule has 0 aromatic heterocycles. The smallest absolute Gasteiger partial charge is 0.327 e. The second kappa shape index (κ2) is 4.77. The lowest BCUT2D eigenvalue weighted by Gasteiger charge is -2.34. The van der Waals surface area contributed by atoms with Crippen LogP contribution in [0.3, 0.4) is 0 Å². The Morgan fingerprint density at radius 3 is 2.10 bits per heavy atom. The first kappa shape index (κ1) is 15.4. The molecule has 0 unspecified atom stereocenters. The van der Waals surface area contributed by atoms with Crippen molar-refractivity contribution in [1.29, 1.82) is 0 Å². The second-order valence-corrected chi connectivity index (χ2v) is 8.45. The van der Waals surface area contributed by atoms with E-state index in [-0.39, 0.29) is 17.9 Å². The van der Waals surface area contributed by atoms with Crippen molar-refractivity contribution in [2.24, 2.45) is 5.41 Å². The average molecular weight is 295 g/mol. The first-order valence-electron chi connectivity index (χ1n) is 6.76. The van der Waals surface area contributed by atoms with Crippen molar-refractivity contribution >= 4 is 28.1 Å². The molecule has 0 spiro atoms. The lowest BCUT2D eigenvalue weighted by molar-refractivity contribution is 0.0375.